The SMILES string of the molecule is CCCn1cncc1CNCc1nnc2ccccn12. The van der Waals surface area contributed by atoms with Crippen molar-refractivity contribution >= 4 is 5.65 Å². The zero-order chi connectivity index (χ0) is 13.8. The van der Waals surface area contributed by atoms with Gasteiger partial charge in [-0.3, -0.25) is 4.40 Å². The molecule has 0 spiro atoms. The molecular formula is C14H18N6. The van der Waals surface area contributed by atoms with Crippen molar-refractivity contribution in [1.29, 1.82) is 0 Å². The highest BCUT2D eigenvalue weighted by Gasteiger charge is 2.05. The van der Waals surface area contributed by atoms with Gasteiger partial charge in [0.2, 0.25) is 0 Å². The maximum atomic E-state index is 4.20. The molecule has 3 heterocycles. The second-order valence-electron chi connectivity index (χ2n) is 4.73. The molecule has 6 heteroatoms. The molecule has 0 atom stereocenters. The topological polar surface area (TPSA) is 60.0 Å². The van der Waals surface area contributed by atoms with Crippen molar-refractivity contribution < 1.29 is 0 Å². The Kier molecular flexibility index (Phi) is 3.73. The van der Waals surface area contributed by atoms with Crippen LogP contribution in [-0.4, -0.2) is 24.1 Å². The number of pyridine rings is 1. The van der Waals surface area contributed by atoms with E-state index in [0.717, 1.165) is 31.0 Å². The number of nitrogens with zero attached hydrogens (tertiary/aromatic N) is 5. The molecule has 0 amide bonds. The molecule has 0 unspecified atom stereocenters. The number of imidazole rings is 1. The van der Waals surface area contributed by atoms with Crippen LogP contribution in [0.2, 0.25) is 0 Å². The van der Waals surface area contributed by atoms with Crippen LogP contribution in [0.1, 0.15) is 24.9 Å². The van der Waals surface area contributed by atoms with Crippen molar-refractivity contribution in [3.05, 3.63) is 48.4 Å². The van der Waals surface area contributed by atoms with Gasteiger partial charge in [0.05, 0.1) is 18.6 Å². The third kappa shape index (κ3) is 2.55. The summed E-state index contributed by atoms with van der Waals surface area (Å²) in [6.45, 7) is 4.63. The van der Waals surface area contributed by atoms with Crippen LogP contribution in [0.15, 0.2) is 36.9 Å². The zero-order valence-electron chi connectivity index (χ0n) is 11.5. The van der Waals surface area contributed by atoms with E-state index < -0.39 is 0 Å². The molecule has 104 valence electrons. The van der Waals surface area contributed by atoms with Crippen LogP contribution in [0.25, 0.3) is 5.65 Å². The van der Waals surface area contributed by atoms with Gasteiger partial charge in [-0.1, -0.05) is 13.0 Å². The van der Waals surface area contributed by atoms with Crippen molar-refractivity contribution in [2.24, 2.45) is 0 Å². The highest BCUT2D eigenvalue weighted by molar-refractivity contribution is 5.36. The summed E-state index contributed by atoms with van der Waals surface area (Å²) in [6.07, 6.45) is 6.88. The van der Waals surface area contributed by atoms with Crippen LogP contribution < -0.4 is 5.32 Å². The van der Waals surface area contributed by atoms with Crippen molar-refractivity contribution in [3.63, 3.8) is 0 Å². The lowest BCUT2D eigenvalue weighted by atomic mass is 10.4. The van der Waals surface area contributed by atoms with Crippen LogP contribution >= 0.6 is 0 Å². The predicted molar refractivity (Wildman–Crippen MR) is 76.0 cm³/mol. The standard InChI is InChI=1S/C14H18N6/c1-2-6-19-11-16-9-12(19)8-15-10-14-18-17-13-5-3-4-7-20(13)14/h3-5,7,9,11,15H,2,6,8,10H2,1H3. The normalized spacial score (nSPS) is 11.2. The smallest absolute Gasteiger partial charge is 0.160 e. The van der Waals surface area contributed by atoms with Crippen molar-refractivity contribution in [1.82, 2.24) is 29.5 Å². The van der Waals surface area contributed by atoms with Crippen molar-refractivity contribution in [2.75, 3.05) is 0 Å². The van der Waals surface area contributed by atoms with E-state index in [-0.39, 0.29) is 0 Å². The van der Waals surface area contributed by atoms with Crippen LogP contribution in [-0.2, 0) is 19.6 Å². The molecule has 0 fully saturated rings. The number of aromatic nitrogens is 5. The summed E-state index contributed by atoms with van der Waals surface area (Å²) in [5.74, 6) is 0.919. The molecule has 0 aliphatic carbocycles. The van der Waals surface area contributed by atoms with E-state index in [1.54, 1.807) is 0 Å². The highest BCUT2D eigenvalue weighted by Crippen LogP contribution is 2.04. The van der Waals surface area contributed by atoms with Gasteiger partial charge in [-0.15, -0.1) is 10.2 Å². The second-order valence-corrected chi connectivity index (χ2v) is 4.73. The Labute approximate surface area is 117 Å². The fourth-order valence-corrected chi connectivity index (χ4v) is 2.25. The Morgan fingerprint density at radius 1 is 1.20 bits per heavy atom. The van der Waals surface area contributed by atoms with Gasteiger partial charge >= 0.3 is 0 Å². The summed E-state index contributed by atoms with van der Waals surface area (Å²) in [4.78, 5) is 4.20. The van der Waals surface area contributed by atoms with Gasteiger partial charge in [0.25, 0.3) is 0 Å². The van der Waals surface area contributed by atoms with Gasteiger partial charge in [-0.25, -0.2) is 4.98 Å². The summed E-state index contributed by atoms with van der Waals surface area (Å²) >= 11 is 0. The third-order valence-corrected chi connectivity index (χ3v) is 3.24. The van der Waals surface area contributed by atoms with Crippen LogP contribution in [0.5, 0.6) is 0 Å². The number of fused-ring (bicyclic) bond motifs is 1. The van der Waals surface area contributed by atoms with Crippen molar-refractivity contribution in [3.8, 4) is 0 Å². The van der Waals surface area contributed by atoms with Gasteiger partial charge in [0, 0.05) is 25.5 Å². The molecule has 6 nitrogen and oxygen atoms in total. The molecule has 0 aromatic carbocycles. The van der Waals surface area contributed by atoms with E-state index in [1.807, 2.05) is 41.3 Å². The fourth-order valence-electron chi connectivity index (χ4n) is 2.25. The average Bonchev–Trinajstić information content (AvgIpc) is 3.07. The number of aryl methyl sites for hydroxylation is 1. The van der Waals surface area contributed by atoms with Gasteiger partial charge < -0.3 is 9.88 Å². The molecule has 0 aliphatic heterocycles. The lowest BCUT2D eigenvalue weighted by Crippen LogP contribution is -2.17. The summed E-state index contributed by atoms with van der Waals surface area (Å²) in [6, 6.07) is 5.90. The Morgan fingerprint density at radius 2 is 2.15 bits per heavy atom. The Hall–Kier alpha value is -2.21. The monoisotopic (exact) mass is 270 g/mol. The number of rotatable bonds is 6. The van der Waals surface area contributed by atoms with E-state index in [0.29, 0.717) is 6.54 Å². The Bertz CT molecular complexity index is 684. The first-order valence-corrected chi connectivity index (χ1v) is 6.87. The van der Waals surface area contributed by atoms with Gasteiger partial charge in [0.15, 0.2) is 11.5 Å². The van der Waals surface area contributed by atoms with E-state index in [1.165, 1.54) is 5.69 Å². The van der Waals surface area contributed by atoms with Gasteiger partial charge in [-0.05, 0) is 18.6 Å². The molecule has 0 saturated carbocycles. The molecule has 20 heavy (non-hydrogen) atoms. The molecule has 3 aromatic heterocycles. The first-order chi connectivity index (χ1) is 9.88. The van der Waals surface area contributed by atoms with E-state index in [4.69, 9.17) is 0 Å². The minimum atomic E-state index is 0.683. The Balaban J connectivity index is 1.64. The van der Waals surface area contributed by atoms with Gasteiger partial charge in [-0.2, -0.15) is 0 Å². The van der Waals surface area contributed by atoms with E-state index in [2.05, 4.69) is 32.0 Å². The largest absolute Gasteiger partial charge is 0.333 e. The molecule has 1 N–H and O–H groups in total. The molecule has 3 rings (SSSR count). The molecule has 0 saturated heterocycles. The van der Waals surface area contributed by atoms with Gasteiger partial charge in [0.1, 0.15) is 0 Å². The summed E-state index contributed by atoms with van der Waals surface area (Å²) in [5.41, 5.74) is 2.07. The Morgan fingerprint density at radius 3 is 3.05 bits per heavy atom. The summed E-state index contributed by atoms with van der Waals surface area (Å²) in [5, 5.41) is 11.7. The first kappa shape index (κ1) is 12.8. The van der Waals surface area contributed by atoms with Crippen molar-refractivity contribution in [2.45, 2.75) is 33.0 Å². The minimum Gasteiger partial charge on any atom is -0.333 e. The van der Waals surface area contributed by atoms with E-state index in [9.17, 15) is 0 Å². The molecular weight excluding hydrogens is 252 g/mol. The zero-order valence-corrected chi connectivity index (χ0v) is 11.5. The van der Waals surface area contributed by atoms with Crippen LogP contribution in [0.4, 0.5) is 0 Å². The number of nitrogens with one attached hydrogen (secondary N) is 1. The second kappa shape index (κ2) is 5.83. The fraction of sp³-hybridized carbons (Fsp3) is 0.357. The van der Waals surface area contributed by atoms with Crippen LogP contribution in [0.3, 0.4) is 0 Å². The third-order valence-electron chi connectivity index (χ3n) is 3.24. The highest BCUT2D eigenvalue weighted by atomic mass is 15.3. The number of hydrogen-bond acceptors (Lipinski definition) is 4. The van der Waals surface area contributed by atoms with E-state index >= 15 is 0 Å². The molecule has 3 aromatic rings. The molecule has 0 bridgehead atoms. The lowest BCUT2D eigenvalue weighted by molar-refractivity contribution is 0.590. The summed E-state index contributed by atoms with van der Waals surface area (Å²) < 4.78 is 4.17. The number of hydrogen-bond donors (Lipinski definition) is 1. The maximum Gasteiger partial charge on any atom is 0.160 e. The molecule has 0 radical (unpaired) electrons. The molecule has 0 aliphatic rings. The first-order valence-electron chi connectivity index (χ1n) is 6.87. The minimum absolute atomic E-state index is 0.683. The summed E-state index contributed by atoms with van der Waals surface area (Å²) in [7, 11) is 0. The predicted octanol–water partition coefficient (Wildman–Crippen LogP) is 1.63. The van der Waals surface area contributed by atoms with Crippen LogP contribution in [0, 0.1) is 0 Å². The average molecular weight is 270 g/mol. The quantitative estimate of drug-likeness (QED) is 0.739. The maximum absolute atomic E-state index is 4.20. The lowest BCUT2D eigenvalue weighted by Gasteiger charge is -2.07.